The van der Waals surface area contributed by atoms with Gasteiger partial charge in [-0.15, -0.1) is 0 Å². The van der Waals surface area contributed by atoms with Gasteiger partial charge in [0.05, 0.1) is 5.69 Å². The summed E-state index contributed by atoms with van der Waals surface area (Å²) in [5.41, 5.74) is 2.51. The monoisotopic (exact) mass is 477 g/mol. The maximum absolute atomic E-state index is 13.5. The number of rotatable bonds is 9. The number of fused-ring (bicyclic) bond motifs is 1. The second kappa shape index (κ2) is 10.3. The van der Waals surface area contributed by atoms with Crippen molar-refractivity contribution < 1.29 is 19.7 Å². The zero-order valence-corrected chi connectivity index (χ0v) is 19.6. The highest BCUT2D eigenvalue weighted by Crippen LogP contribution is 2.22. The maximum Gasteiger partial charge on any atom is 0.341 e. The van der Waals surface area contributed by atoms with Gasteiger partial charge in [-0.25, -0.2) is 14.8 Å². The summed E-state index contributed by atoms with van der Waals surface area (Å²) in [6.07, 6.45) is 1.55. The quantitative estimate of drug-likeness (QED) is 0.338. The van der Waals surface area contributed by atoms with Crippen molar-refractivity contribution in [3.05, 3.63) is 64.5 Å². The van der Waals surface area contributed by atoms with E-state index in [4.69, 9.17) is 19.8 Å². The number of nitrogens with one attached hydrogen (secondary N) is 1. The Bertz CT molecular complexity index is 1460. The number of phenols is 1. The Morgan fingerprint density at radius 2 is 1.69 bits per heavy atom. The number of carbonyl (C=O) groups is 1. The van der Waals surface area contributed by atoms with Gasteiger partial charge in [-0.3, -0.25) is 13.9 Å². The van der Waals surface area contributed by atoms with Crippen molar-refractivity contribution in [3.8, 4) is 22.9 Å². The molecule has 0 atom stereocenters. The van der Waals surface area contributed by atoms with Crippen LogP contribution >= 0.6 is 0 Å². The molecule has 2 heterocycles. The summed E-state index contributed by atoms with van der Waals surface area (Å²) in [5.74, 6) is 0.0250. The van der Waals surface area contributed by atoms with Gasteiger partial charge >= 0.3 is 5.97 Å². The summed E-state index contributed by atoms with van der Waals surface area (Å²) >= 11 is 0. The van der Waals surface area contributed by atoms with E-state index in [1.807, 2.05) is 18.4 Å². The van der Waals surface area contributed by atoms with E-state index in [1.165, 1.54) is 0 Å². The standard InChI is InChI=1S/C25H27N5O5/c1-3-13-29-23-21(27-22(28-23)16-5-11-19(12-6-16)35-15-20(32)33)24(34)30(14-4-2)25(29)26-17-7-9-18(31)10-8-17/h5-12,31H,3-4,13-15H2,1-2H3,(H,27,28)(H,32,33). The number of carboxylic acid groups (broad SMARTS) is 1. The third-order valence-electron chi connectivity index (χ3n) is 5.35. The number of phenolic OH excluding ortho intramolecular Hbond substituents is 1. The van der Waals surface area contributed by atoms with Crippen LogP contribution in [0.2, 0.25) is 0 Å². The first-order valence-corrected chi connectivity index (χ1v) is 11.4. The van der Waals surface area contributed by atoms with E-state index in [1.54, 1.807) is 53.1 Å². The van der Waals surface area contributed by atoms with Gasteiger partial charge < -0.3 is 19.9 Å². The van der Waals surface area contributed by atoms with Crippen LogP contribution in [0.1, 0.15) is 26.7 Å². The first-order chi connectivity index (χ1) is 16.9. The smallest absolute Gasteiger partial charge is 0.341 e. The molecule has 0 fully saturated rings. The number of hydrogen-bond donors (Lipinski definition) is 3. The van der Waals surface area contributed by atoms with Crippen molar-refractivity contribution in [2.75, 3.05) is 6.61 Å². The molecule has 2 aromatic carbocycles. The molecule has 0 unspecified atom stereocenters. The number of imidazole rings is 1. The molecule has 0 aliphatic carbocycles. The van der Waals surface area contributed by atoms with Crippen LogP contribution in [0.25, 0.3) is 22.6 Å². The molecule has 182 valence electrons. The van der Waals surface area contributed by atoms with E-state index in [0.29, 0.717) is 47.1 Å². The van der Waals surface area contributed by atoms with Crippen LogP contribution in [-0.4, -0.2) is 41.9 Å². The van der Waals surface area contributed by atoms with Gasteiger partial charge in [-0.05, 0) is 61.4 Å². The molecule has 0 aliphatic rings. The molecule has 0 saturated carbocycles. The average molecular weight is 478 g/mol. The fourth-order valence-electron chi connectivity index (χ4n) is 3.78. The molecule has 0 spiro atoms. The summed E-state index contributed by atoms with van der Waals surface area (Å²) < 4.78 is 8.78. The Morgan fingerprint density at radius 1 is 1.03 bits per heavy atom. The summed E-state index contributed by atoms with van der Waals surface area (Å²) in [6.45, 7) is 4.70. The van der Waals surface area contributed by atoms with Crippen LogP contribution in [-0.2, 0) is 17.9 Å². The fourth-order valence-corrected chi connectivity index (χ4v) is 3.78. The Balaban J connectivity index is 1.89. The molecule has 35 heavy (non-hydrogen) atoms. The van der Waals surface area contributed by atoms with E-state index in [9.17, 15) is 14.7 Å². The number of H-pyrrole nitrogens is 1. The highest BCUT2D eigenvalue weighted by atomic mass is 16.5. The van der Waals surface area contributed by atoms with E-state index < -0.39 is 12.6 Å². The van der Waals surface area contributed by atoms with Gasteiger partial charge in [-0.2, -0.15) is 0 Å². The van der Waals surface area contributed by atoms with Crippen LogP contribution in [0.4, 0.5) is 5.69 Å². The molecule has 0 amide bonds. The van der Waals surface area contributed by atoms with E-state index >= 15 is 0 Å². The molecule has 4 rings (SSSR count). The molecule has 10 heteroatoms. The Hall–Kier alpha value is -4.34. The number of carboxylic acids is 1. The number of aliphatic carboxylic acids is 1. The second-order valence-electron chi connectivity index (χ2n) is 8.03. The minimum absolute atomic E-state index is 0.142. The van der Waals surface area contributed by atoms with Gasteiger partial charge in [0.1, 0.15) is 22.8 Å². The highest BCUT2D eigenvalue weighted by molar-refractivity contribution is 5.75. The van der Waals surface area contributed by atoms with Gasteiger partial charge in [-0.1, -0.05) is 13.8 Å². The SMILES string of the molecule is CCCn1c(=O)c2[nH]c(-c3ccc(OCC(=O)O)cc3)nc2n(CCC)c1=Nc1ccc(O)cc1. The normalized spacial score (nSPS) is 11.8. The van der Waals surface area contributed by atoms with E-state index in [-0.39, 0.29) is 11.3 Å². The molecule has 10 nitrogen and oxygen atoms in total. The van der Waals surface area contributed by atoms with E-state index in [0.717, 1.165) is 18.4 Å². The fraction of sp³-hybridized carbons (Fsp3) is 0.280. The lowest BCUT2D eigenvalue weighted by atomic mass is 10.2. The van der Waals surface area contributed by atoms with Crippen molar-refractivity contribution >= 4 is 22.8 Å². The lowest BCUT2D eigenvalue weighted by molar-refractivity contribution is -0.139. The summed E-state index contributed by atoms with van der Waals surface area (Å²) in [4.78, 5) is 36.9. The number of aromatic nitrogens is 4. The molecule has 2 aromatic heterocycles. The highest BCUT2D eigenvalue weighted by Gasteiger charge is 2.17. The Morgan fingerprint density at radius 3 is 2.31 bits per heavy atom. The number of aromatic hydroxyl groups is 1. The molecule has 0 saturated heterocycles. The molecular weight excluding hydrogens is 450 g/mol. The molecule has 0 bridgehead atoms. The number of aryl methyl sites for hydroxylation is 1. The Kier molecular flexibility index (Phi) is 7.00. The molecule has 0 aliphatic heterocycles. The molecular formula is C25H27N5O5. The summed E-state index contributed by atoms with van der Waals surface area (Å²) in [5, 5.41) is 18.4. The number of benzene rings is 2. The van der Waals surface area contributed by atoms with Crippen molar-refractivity contribution in [1.29, 1.82) is 0 Å². The van der Waals surface area contributed by atoms with Crippen molar-refractivity contribution in [2.45, 2.75) is 39.8 Å². The lowest BCUT2D eigenvalue weighted by Crippen LogP contribution is -2.41. The van der Waals surface area contributed by atoms with Crippen LogP contribution in [0.3, 0.4) is 0 Å². The van der Waals surface area contributed by atoms with Gasteiger partial charge in [0.2, 0.25) is 5.62 Å². The second-order valence-corrected chi connectivity index (χ2v) is 8.03. The Labute approximate surface area is 200 Å². The third-order valence-corrected chi connectivity index (χ3v) is 5.35. The molecule has 3 N–H and O–H groups in total. The summed E-state index contributed by atoms with van der Waals surface area (Å²) in [6, 6.07) is 13.3. The number of ether oxygens (including phenoxy) is 1. The van der Waals surface area contributed by atoms with Crippen molar-refractivity contribution in [1.82, 2.24) is 19.1 Å². The molecule has 4 aromatic rings. The molecule has 0 radical (unpaired) electrons. The minimum Gasteiger partial charge on any atom is -0.508 e. The van der Waals surface area contributed by atoms with Crippen LogP contribution in [0.15, 0.2) is 58.3 Å². The van der Waals surface area contributed by atoms with Gasteiger partial charge in [0, 0.05) is 18.7 Å². The first-order valence-electron chi connectivity index (χ1n) is 11.4. The van der Waals surface area contributed by atoms with E-state index in [2.05, 4.69) is 4.98 Å². The average Bonchev–Trinajstić information content (AvgIpc) is 3.30. The van der Waals surface area contributed by atoms with Gasteiger partial charge in [0.15, 0.2) is 12.3 Å². The largest absolute Gasteiger partial charge is 0.508 e. The topological polar surface area (TPSA) is 135 Å². The van der Waals surface area contributed by atoms with Crippen LogP contribution in [0, 0.1) is 0 Å². The maximum atomic E-state index is 13.5. The predicted molar refractivity (Wildman–Crippen MR) is 131 cm³/mol. The van der Waals surface area contributed by atoms with Crippen molar-refractivity contribution in [2.24, 2.45) is 4.99 Å². The minimum atomic E-state index is -1.05. The zero-order valence-electron chi connectivity index (χ0n) is 19.6. The van der Waals surface area contributed by atoms with Crippen LogP contribution in [0.5, 0.6) is 11.5 Å². The number of nitrogens with zero attached hydrogens (tertiary/aromatic N) is 4. The number of aromatic amines is 1. The summed E-state index contributed by atoms with van der Waals surface area (Å²) in [7, 11) is 0. The first kappa shape index (κ1) is 23.8. The van der Waals surface area contributed by atoms with Crippen LogP contribution < -0.4 is 15.9 Å². The van der Waals surface area contributed by atoms with Crippen molar-refractivity contribution in [3.63, 3.8) is 0 Å². The van der Waals surface area contributed by atoms with Gasteiger partial charge in [0.25, 0.3) is 5.56 Å². The third kappa shape index (κ3) is 5.11. The zero-order chi connectivity index (χ0) is 24.9. The number of hydrogen-bond acceptors (Lipinski definition) is 6. The predicted octanol–water partition coefficient (Wildman–Crippen LogP) is 3.41. The lowest BCUT2D eigenvalue weighted by Gasteiger charge is -2.13.